The van der Waals surface area contributed by atoms with Crippen molar-refractivity contribution in [2.75, 3.05) is 11.1 Å². The van der Waals surface area contributed by atoms with Gasteiger partial charge in [-0.05, 0) is 19.1 Å². The number of aromatic nitrogens is 2. The number of nitrogens with one attached hydrogen (secondary N) is 1. The number of hydrogen-bond donors (Lipinski definition) is 1. The van der Waals surface area contributed by atoms with Crippen molar-refractivity contribution in [1.29, 1.82) is 0 Å². The predicted molar refractivity (Wildman–Crippen MR) is 106 cm³/mol. The van der Waals surface area contributed by atoms with Gasteiger partial charge in [0.15, 0.2) is 0 Å². The molecule has 0 radical (unpaired) electrons. The maximum Gasteiger partial charge on any atom is 0.236 e. The van der Waals surface area contributed by atoms with E-state index in [0.29, 0.717) is 33.2 Å². The van der Waals surface area contributed by atoms with E-state index >= 15 is 0 Å². The molecule has 26 heavy (non-hydrogen) atoms. The van der Waals surface area contributed by atoms with E-state index in [1.165, 1.54) is 17.3 Å². The maximum absolute atomic E-state index is 12.0. The number of thioether (sulfide) groups is 1. The van der Waals surface area contributed by atoms with Crippen LogP contribution in [0.15, 0.2) is 47.0 Å². The minimum Gasteiger partial charge on any atom is -0.338 e. The smallest absolute Gasteiger partial charge is 0.236 e. The van der Waals surface area contributed by atoms with Gasteiger partial charge in [0.05, 0.1) is 27.2 Å². The van der Waals surface area contributed by atoms with E-state index in [-0.39, 0.29) is 11.7 Å². The van der Waals surface area contributed by atoms with Gasteiger partial charge in [0, 0.05) is 5.56 Å². The molecule has 0 aliphatic carbocycles. The van der Waals surface area contributed by atoms with Crippen LogP contribution in [0.4, 0.5) is 5.69 Å². The Morgan fingerprint density at radius 3 is 2.73 bits per heavy atom. The highest BCUT2D eigenvalue weighted by Crippen LogP contribution is 2.29. The van der Waals surface area contributed by atoms with Crippen LogP contribution in [0.2, 0.25) is 10.0 Å². The Morgan fingerprint density at radius 1 is 1.19 bits per heavy atom. The Balaban J connectivity index is 1.51. The first kappa shape index (κ1) is 18.8. The summed E-state index contributed by atoms with van der Waals surface area (Å²) < 4.78 is 5.23. The second-order valence-electron chi connectivity index (χ2n) is 5.52. The van der Waals surface area contributed by atoms with Gasteiger partial charge in [-0.2, -0.15) is 4.98 Å². The fourth-order valence-electron chi connectivity index (χ4n) is 2.15. The molecule has 0 aliphatic rings. The first-order valence-electron chi connectivity index (χ1n) is 7.74. The third-order valence-corrected chi connectivity index (χ3v) is 5.20. The number of anilines is 1. The topological polar surface area (TPSA) is 68.0 Å². The van der Waals surface area contributed by atoms with Crippen molar-refractivity contribution in [1.82, 2.24) is 10.1 Å². The Hall–Kier alpha value is -2.02. The molecule has 2 aromatic carbocycles. The van der Waals surface area contributed by atoms with Crippen LogP contribution in [-0.4, -0.2) is 21.8 Å². The SMILES string of the molecule is Cc1ccc(-c2noc(CSCC(=O)Nc3cccc(Cl)c3Cl)n2)cc1. The van der Waals surface area contributed by atoms with Crippen molar-refractivity contribution in [3.8, 4) is 11.4 Å². The summed E-state index contributed by atoms with van der Waals surface area (Å²) in [6, 6.07) is 13.0. The summed E-state index contributed by atoms with van der Waals surface area (Å²) in [4.78, 5) is 16.4. The van der Waals surface area contributed by atoms with E-state index < -0.39 is 0 Å². The molecular weight excluding hydrogens is 393 g/mol. The van der Waals surface area contributed by atoms with Gasteiger partial charge >= 0.3 is 0 Å². The molecule has 134 valence electrons. The molecule has 0 bridgehead atoms. The predicted octanol–water partition coefficient (Wildman–Crippen LogP) is 5.22. The fraction of sp³-hybridized carbons (Fsp3) is 0.167. The third kappa shape index (κ3) is 4.78. The van der Waals surface area contributed by atoms with Crippen molar-refractivity contribution < 1.29 is 9.32 Å². The van der Waals surface area contributed by atoms with Crippen molar-refractivity contribution in [3.63, 3.8) is 0 Å². The van der Waals surface area contributed by atoms with Crippen LogP contribution in [0.1, 0.15) is 11.5 Å². The summed E-state index contributed by atoms with van der Waals surface area (Å²) in [7, 11) is 0. The summed E-state index contributed by atoms with van der Waals surface area (Å²) in [5.74, 6) is 1.49. The van der Waals surface area contributed by atoms with Gasteiger partial charge in [0.25, 0.3) is 0 Å². The van der Waals surface area contributed by atoms with Gasteiger partial charge in [-0.15, -0.1) is 11.8 Å². The Labute approximate surface area is 165 Å². The van der Waals surface area contributed by atoms with Gasteiger partial charge in [-0.3, -0.25) is 4.79 Å². The molecule has 3 rings (SSSR count). The summed E-state index contributed by atoms with van der Waals surface area (Å²) in [6.45, 7) is 2.02. The van der Waals surface area contributed by atoms with Gasteiger partial charge in [0.1, 0.15) is 0 Å². The van der Waals surface area contributed by atoms with Gasteiger partial charge in [0.2, 0.25) is 17.6 Å². The van der Waals surface area contributed by atoms with E-state index in [9.17, 15) is 4.79 Å². The van der Waals surface area contributed by atoms with Crippen LogP contribution in [0.3, 0.4) is 0 Å². The second-order valence-corrected chi connectivity index (χ2v) is 7.29. The highest BCUT2D eigenvalue weighted by molar-refractivity contribution is 7.99. The quantitative estimate of drug-likeness (QED) is 0.606. The number of hydrogen-bond acceptors (Lipinski definition) is 5. The summed E-state index contributed by atoms with van der Waals surface area (Å²) in [5.41, 5.74) is 2.55. The monoisotopic (exact) mass is 407 g/mol. The molecule has 0 unspecified atom stereocenters. The van der Waals surface area contributed by atoms with E-state index in [1.54, 1.807) is 18.2 Å². The van der Waals surface area contributed by atoms with E-state index in [2.05, 4.69) is 15.5 Å². The van der Waals surface area contributed by atoms with Crippen molar-refractivity contribution in [3.05, 3.63) is 64.0 Å². The number of carbonyl (C=O) groups excluding carboxylic acids is 1. The number of amides is 1. The fourth-order valence-corrected chi connectivity index (χ4v) is 3.15. The molecule has 1 N–H and O–H groups in total. The minimum atomic E-state index is -0.183. The molecule has 1 amide bonds. The Bertz CT molecular complexity index is 913. The minimum absolute atomic E-state index is 0.183. The lowest BCUT2D eigenvalue weighted by Crippen LogP contribution is -2.14. The molecule has 8 heteroatoms. The number of aryl methyl sites for hydroxylation is 1. The lowest BCUT2D eigenvalue weighted by molar-refractivity contribution is -0.113. The number of benzene rings is 2. The molecule has 0 atom stereocenters. The van der Waals surface area contributed by atoms with Crippen molar-refractivity contribution in [2.24, 2.45) is 0 Å². The zero-order chi connectivity index (χ0) is 18.5. The summed E-state index contributed by atoms with van der Waals surface area (Å²) in [5, 5.41) is 7.42. The highest BCUT2D eigenvalue weighted by Gasteiger charge is 2.11. The second kappa shape index (κ2) is 8.58. The lowest BCUT2D eigenvalue weighted by Gasteiger charge is -2.07. The Kier molecular flexibility index (Phi) is 6.19. The molecule has 5 nitrogen and oxygen atoms in total. The van der Waals surface area contributed by atoms with Crippen LogP contribution < -0.4 is 5.32 Å². The molecule has 1 heterocycles. The number of halogens is 2. The number of nitrogens with zero attached hydrogens (tertiary/aromatic N) is 2. The highest BCUT2D eigenvalue weighted by atomic mass is 35.5. The van der Waals surface area contributed by atoms with Crippen LogP contribution in [0.25, 0.3) is 11.4 Å². The normalized spacial score (nSPS) is 10.7. The molecule has 3 aromatic rings. The Morgan fingerprint density at radius 2 is 1.96 bits per heavy atom. The van der Waals surface area contributed by atoms with Crippen LogP contribution in [0.5, 0.6) is 0 Å². The first-order valence-corrected chi connectivity index (χ1v) is 9.65. The molecule has 1 aromatic heterocycles. The molecule has 0 fully saturated rings. The van der Waals surface area contributed by atoms with Gasteiger partial charge in [-0.1, -0.05) is 64.3 Å². The van der Waals surface area contributed by atoms with E-state index in [0.717, 1.165) is 5.56 Å². The molecule has 0 aliphatic heterocycles. The van der Waals surface area contributed by atoms with Crippen molar-refractivity contribution >= 4 is 46.6 Å². The van der Waals surface area contributed by atoms with Gasteiger partial charge < -0.3 is 9.84 Å². The summed E-state index contributed by atoms with van der Waals surface area (Å²) in [6.07, 6.45) is 0. The van der Waals surface area contributed by atoms with Gasteiger partial charge in [-0.25, -0.2) is 0 Å². The number of carbonyl (C=O) groups is 1. The van der Waals surface area contributed by atoms with E-state index in [4.69, 9.17) is 27.7 Å². The average molecular weight is 408 g/mol. The number of rotatable bonds is 6. The largest absolute Gasteiger partial charge is 0.338 e. The van der Waals surface area contributed by atoms with Crippen LogP contribution >= 0.6 is 35.0 Å². The molecule has 0 saturated heterocycles. The maximum atomic E-state index is 12.0. The van der Waals surface area contributed by atoms with E-state index in [1.807, 2.05) is 31.2 Å². The van der Waals surface area contributed by atoms with Crippen molar-refractivity contribution in [2.45, 2.75) is 12.7 Å². The average Bonchev–Trinajstić information content (AvgIpc) is 3.08. The van der Waals surface area contributed by atoms with Crippen LogP contribution in [0, 0.1) is 6.92 Å². The zero-order valence-electron chi connectivity index (χ0n) is 13.8. The molecular formula is C18H15Cl2N3O2S. The van der Waals surface area contributed by atoms with Crippen LogP contribution in [-0.2, 0) is 10.5 Å². The third-order valence-electron chi connectivity index (χ3n) is 3.46. The summed E-state index contributed by atoms with van der Waals surface area (Å²) >= 11 is 13.3. The first-order chi connectivity index (χ1) is 12.5. The zero-order valence-corrected chi connectivity index (χ0v) is 16.2. The lowest BCUT2D eigenvalue weighted by atomic mass is 10.1. The molecule has 0 spiro atoms. The molecule has 0 saturated carbocycles. The standard InChI is InChI=1S/C18H15Cl2N3O2S/c1-11-5-7-12(8-6-11)18-22-16(25-23-18)10-26-9-15(24)21-14-4-2-3-13(19)17(14)20/h2-8H,9-10H2,1H3,(H,21,24).